The lowest BCUT2D eigenvalue weighted by molar-refractivity contribution is 0.0681. The summed E-state index contributed by atoms with van der Waals surface area (Å²) in [6.07, 6.45) is 0.448. The molecule has 1 heterocycles. The Morgan fingerprint density at radius 1 is 1.22 bits per heavy atom. The van der Waals surface area contributed by atoms with Crippen LogP contribution in [0.1, 0.15) is 27.9 Å². The number of hydrogen-bond acceptors (Lipinski definition) is 4. The van der Waals surface area contributed by atoms with Gasteiger partial charge in [-0.1, -0.05) is 41.4 Å². The van der Waals surface area contributed by atoms with Crippen molar-refractivity contribution in [3.05, 3.63) is 64.2 Å². The van der Waals surface area contributed by atoms with Crippen molar-refractivity contribution < 1.29 is 17.9 Å². The van der Waals surface area contributed by atoms with Crippen LogP contribution < -0.4 is 4.74 Å². The third-order valence-corrected chi connectivity index (χ3v) is 6.83. The van der Waals surface area contributed by atoms with Gasteiger partial charge in [-0.05, 0) is 37.1 Å². The molecule has 1 atom stereocenters. The minimum atomic E-state index is -3.11. The van der Waals surface area contributed by atoms with Crippen LogP contribution in [0.25, 0.3) is 0 Å². The Morgan fingerprint density at radius 3 is 2.48 bits per heavy atom. The van der Waals surface area contributed by atoms with Gasteiger partial charge in [-0.2, -0.15) is 0 Å². The summed E-state index contributed by atoms with van der Waals surface area (Å²) < 4.78 is 29.1. The van der Waals surface area contributed by atoms with Gasteiger partial charge < -0.3 is 9.64 Å². The van der Waals surface area contributed by atoms with Crippen molar-refractivity contribution in [1.29, 1.82) is 0 Å². The third-order valence-electron chi connectivity index (χ3n) is 4.78. The number of sulfone groups is 1. The fourth-order valence-corrected chi connectivity index (χ4v) is 5.23. The number of nitrogens with zero attached hydrogens (tertiary/aromatic N) is 1. The van der Waals surface area contributed by atoms with Crippen LogP contribution in [-0.2, 0) is 16.4 Å². The fourth-order valence-electron chi connectivity index (χ4n) is 3.24. The molecule has 0 aliphatic carbocycles. The molecule has 2 aromatic carbocycles. The van der Waals surface area contributed by atoms with Crippen LogP contribution in [0.4, 0.5) is 0 Å². The van der Waals surface area contributed by atoms with Gasteiger partial charge in [-0.25, -0.2) is 8.42 Å². The van der Waals surface area contributed by atoms with Crippen LogP contribution in [0.3, 0.4) is 0 Å². The summed E-state index contributed by atoms with van der Waals surface area (Å²) in [6.45, 7) is 2.35. The Bertz CT molecular complexity index is 941. The van der Waals surface area contributed by atoms with Crippen LogP contribution in [0.15, 0.2) is 42.5 Å². The fraction of sp³-hybridized carbons (Fsp3) is 0.350. The molecule has 0 saturated carbocycles. The molecule has 0 aromatic heterocycles. The lowest BCUT2D eigenvalue weighted by Crippen LogP contribution is -2.40. The molecule has 0 bridgehead atoms. The van der Waals surface area contributed by atoms with Gasteiger partial charge in [0.25, 0.3) is 5.91 Å². The molecular weight excluding hydrogens is 386 g/mol. The number of aryl methyl sites for hydroxylation is 1. The lowest BCUT2D eigenvalue weighted by atomic mass is 10.1. The zero-order valence-electron chi connectivity index (χ0n) is 15.3. The van der Waals surface area contributed by atoms with E-state index in [4.69, 9.17) is 16.3 Å². The topological polar surface area (TPSA) is 63.7 Å². The van der Waals surface area contributed by atoms with E-state index in [2.05, 4.69) is 0 Å². The van der Waals surface area contributed by atoms with Crippen LogP contribution in [-0.4, -0.2) is 43.9 Å². The summed E-state index contributed by atoms with van der Waals surface area (Å²) in [7, 11) is -1.60. The van der Waals surface area contributed by atoms with Crippen molar-refractivity contribution in [1.82, 2.24) is 4.90 Å². The predicted molar refractivity (Wildman–Crippen MR) is 106 cm³/mol. The number of methoxy groups -OCH3 is 1. The van der Waals surface area contributed by atoms with E-state index < -0.39 is 9.84 Å². The number of amides is 1. The molecule has 2 aromatic rings. The molecule has 144 valence electrons. The normalized spacial score (nSPS) is 18.3. The summed E-state index contributed by atoms with van der Waals surface area (Å²) in [5, 5.41) is 0.345. The number of carbonyl (C=O) groups is 1. The quantitative estimate of drug-likeness (QED) is 0.761. The Hall–Kier alpha value is -2.05. The number of carbonyl (C=O) groups excluding carboxylic acids is 1. The Balaban J connectivity index is 1.92. The molecule has 27 heavy (non-hydrogen) atoms. The number of ether oxygens (including phenoxy) is 1. The maximum absolute atomic E-state index is 13.2. The highest BCUT2D eigenvalue weighted by Gasteiger charge is 2.35. The first-order chi connectivity index (χ1) is 12.8. The van der Waals surface area contributed by atoms with E-state index in [0.29, 0.717) is 29.3 Å². The third kappa shape index (κ3) is 4.62. The van der Waals surface area contributed by atoms with E-state index in [0.717, 1.165) is 11.1 Å². The van der Waals surface area contributed by atoms with E-state index >= 15 is 0 Å². The highest BCUT2D eigenvalue weighted by Crippen LogP contribution is 2.28. The SMILES string of the molecule is COc1ccc(C(=O)N(Cc2ccc(C)cc2)[C@@H]2CCS(=O)(=O)C2)cc1Cl. The molecule has 1 fully saturated rings. The molecule has 1 amide bonds. The van der Waals surface area contributed by atoms with Gasteiger partial charge in [0, 0.05) is 18.2 Å². The van der Waals surface area contributed by atoms with Gasteiger partial charge >= 0.3 is 0 Å². The number of halogens is 1. The van der Waals surface area contributed by atoms with Gasteiger partial charge in [-0.15, -0.1) is 0 Å². The van der Waals surface area contributed by atoms with Crippen LogP contribution in [0.5, 0.6) is 5.75 Å². The molecule has 0 N–H and O–H groups in total. The first kappa shape index (κ1) is 19.7. The van der Waals surface area contributed by atoms with E-state index in [9.17, 15) is 13.2 Å². The molecule has 5 nitrogen and oxygen atoms in total. The number of benzene rings is 2. The molecule has 3 rings (SSSR count). The second-order valence-electron chi connectivity index (χ2n) is 6.82. The first-order valence-corrected chi connectivity index (χ1v) is 10.9. The van der Waals surface area contributed by atoms with Gasteiger partial charge in [0.15, 0.2) is 9.84 Å². The molecule has 0 spiro atoms. The maximum Gasteiger partial charge on any atom is 0.254 e. The summed E-state index contributed by atoms with van der Waals surface area (Å²) in [6, 6.07) is 12.4. The highest BCUT2D eigenvalue weighted by atomic mass is 35.5. The zero-order valence-corrected chi connectivity index (χ0v) is 16.9. The van der Waals surface area contributed by atoms with Crippen molar-refractivity contribution in [2.75, 3.05) is 18.6 Å². The zero-order chi connectivity index (χ0) is 19.6. The first-order valence-electron chi connectivity index (χ1n) is 8.69. The standard InChI is InChI=1S/C20H22ClNO4S/c1-14-3-5-15(6-4-14)12-22(17-9-10-27(24,25)13-17)20(23)16-7-8-19(26-2)18(21)11-16/h3-8,11,17H,9-10,12-13H2,1-2H3/t17-/m1/s1. The number of hydrogen-bond donors (Lipinski definition) is 0. The van der Waals surface area contributed by atoms with E-state index in [1.807, 2.05) is 31.2 Å². The lowest BCUT2D eigenvalue weighted by Gasteiger charge is -2.29. The Labute approximate surface area is 164 Å². The molecule has 0 unspecified atom stereocenters. The van der Waals surface area contributed by atoms with E-state index in [1.165, 1.54) is 7.11 Å². The molecule has 1 saturated heterocycles. The molecule has 1 aliphatic heterocycles. The van der Waals surface area contributed by atoms with Crippen LogP contribution >= 0.6 is 11.6 Å². The van der Waals surface area contributed by atoms with Crippen molar-refractivity contribution in [2.24, 2.45) is 0 Å². The molecule has 0 radical (unpaired) electrons. The van der Waals surface area contributed by atoms with Gasteiger partial charge in [0.05, 0.1) is 23.6 Å². The smallest absolute Gasteiger partial charge is 0.254 e. The summed E-state index contributed by atoms with van der Waals surface area (Å²) >= 11 is 6.17. The van der Waals surface area contributed by atoms with Crippen molar-refractivity contribution in [2.45, 2.75) is 25.9 Å². The Kier molecular flexibility index (Phi) is 5.77. The van der Waals surface area contributed by atoms with Crippen molar-refractivity contribution in [3.63, 3.8) is 0 Å². The van der Waals surface area contributed by atoms with Gasteiger partial charge in [0.1, 0.15) is 5.75 Å². The van der Waals surface area contributed by atoms with E-state index in [1.54, 1.807) is 23.1 Å². The molecular formula is C20H22ClNO4S. The average Bonchev–Trinajstić information content (AvgIpc) is 3.00. The monoisotopic (exact) mass is 407 g/mol. The Morgan fingerprint density at radius 2 is 1.93 bits per heavy atom. The maximum atomic E-state index is 13.2. The summed E-state index contributed by atoms with van der Waals surface area (Å²) in [4.78, 5) is 14.8. The minimum absolute atomic E-state index is 0.00547. The van der Waals surface area contributed by atoms with Crippen molar-refractivity contribution in [3.8, 4) is 5.75 Å². The summed E-state index contributed by atoms with van der Waals surface area (Å²) in [5.41, 5.74) is 2.50. The van der Waals surface area contributed by atoms with Crippen molar-refractivity contribution >= 4 is 27.3 Å². The summed E-state index contributed by atoms with van der Waals surface area (Å²) in [5.74, 6) is 0.358. The average molecular weight is 408 g/mol. The minimum Gasteiger partial charge on any atom is -0.495 e. The van der Waals surface area contributed by atoms with Crippen LogP contribution in [0.2, 0.25) is 5.02 Å². The van der Waals surface area contributed by atoms with E-state index in [-0.39, 0.29) is 23.5 Å². The second kappa shape index (κ2) is 7.90. The van der Waals surface area contributed by atoms with Gasteiger partial charge in [-0.3, -0.25) is 4.79 Å². The molecule has 7 heteroatoms. The number of rotatable bonds is 5. The largest absolute Gasteiger partial charge is 0.495 e. The van der Waals surface area contributed by atoms with Gasteiger partial charge in [0.2, 0.25) is 0 Å². The van der Waals surface area contributed by atoms with Crippen LogP contribution in [0, 0.1) is 6.92 Å². The highest BCUT2D eigenvalue weighted by molar-refractivity contribution is 7.91. The second-order valence-corrected chi connectivity index (χ2v) is 9.46. The predicted octanol–water partition coefficient (Wildman–Crippen LogP) is 3.49. The molecule has 1 aliphatic rings.